The number of pyridine rings is 1. The van der Waals surface area contributed by atoms with E-state index in [1.165, 1.54) is 26.3 Å². The molecule has 1 saturated heterocycles. The van der Waals surface area contributed by atoms with Gasteiger partial charge in [-0.25, -0.2) is 4.79 Å². The van der Waals surface area contributed by atoms with Crippen molar-refractivity contribution < 1.29 is 57.5 Å². The van der Waals surface area contributed by atoms with E-state index in [4.69, 9.17) is 28.4 Å². The fourth-order valence-electron chi connectivity index (χ4n) is 5.05. The second kappa shape index (κ2) is 17.2. The average Bonchev–Trinajstić information content (AvgIpc) is 3.13. The average molecular weight is 679 g/mol. The molecule has 14 heteroatoms. The van der Waals surface area contributed by atoms with Crippen LogP contribution in [0.1, 0.15) is 49.9 Å². The number of ether oxygens (including phenoxy) is 6. The van der Waals surface area contributed by atoms with Crippen LogP contribution in [0.3, 0.4) is 0 Å². The Balaban J connectivity index is 1.59. The lowest BCUT2D eigenvalue weighted by Gasteiger charge is -2.29. The molecule has 1 aliphatic rings. The number of methoxy groups -OCH3 is 1. The molecule has 0 spiro atoms. The zero-order chi connectivity index (χ0) is 35.5. The van der Waals surface area contributed by atoms with E-state index in [0.717, 1.165) is 5.56 Å². The second-order valence-corrected chi connectivity index (χ2v) is 11.4. The van der Waals surface area contributed by atoms with Gasteiger partial charge in [0, 0.05) is 17.8 Å². The molecule has 1 fully saturated rings. The van der Waals surface area contributed by atoms with Crippen LogP contribution in [-0.4, -0.2) is 72.4 Å². The van der Waals surface area contributed by atoms with Crippen LogP contribution in [0.25, 0.3) is 0 Å². The summed E-state index contributed by atoms with van der Waals surface area (Å²) >= 11 is 0. The second-order valence-electron chi connectivity index (χ2n) is 11.4. The molecule has 0 amide bonds. The van der Waals surface area contributed by atoms with Gasteiger partial charge in [0.05, 0.1) is 13.0 Å². The van der Waals surface area contributed by atoms with Crippen LogP contribution in [0.15, 0.2) is 72.9 Å². The van der Waals surface area contributed by atoms with Crippen LogP contribution in [-0.2, 0) is 49.3 Å². The zero-order valence-corrected chi connectivity index (χ0v) is 27.3. The third-order valence-corrected chi connectivity index (χ3v) is 7.61. The van der Waals surface area contributed by atoms with Gasteiger partial charge >= 0.3 is 23.9 Å². The van der Waals surface area contributed by atoms with E-state index in [-0.39, 0.29) is 30.1 Å². The third-order valence-electron chi connectivity index (χ3n) is 7.61. The van der Waals surface area contributed by atoms with Gasteiger partial charge in [0.1, 0.15) is 30.4 Å². The van der Waals surface area contributed by atoms with Crippen LogP contribution < -0.4 is 14.8 Å². The van der Waals surface area contributed by atoms with Crippen molar-refractivity contribution >= 4 is 30.3 Å². The highest BCUT2D eigenvalue weighted by Gasteiger charge is 2.42. The molecule has 2 aromatic carbocycles. The number of cyclic esters (lactones) is 2. The molecule has 14 nitrogen and oxygen atoms in total. The molecule has 1 unspecified atom stereocenters. The van der Waals surface area contributed by atoms with E-state index in [2.05, 4.69) is 10.3 Å². The summed E-state index contributed by atoms with van der Waals surface area (Å²) in [5.41, 5.74) is 0.787. The molecule has 4 rings (SSSR count). The number of aromatic nitrogens is 1. The normalized spacial score (nSPS) is 20.7. The van der Waals surface area contributed by atoms with E-state index < -0.39 is 72.9 Å². The Morgan fingerprint density at radius 3 is 2.33 bits per heavy atom. The van der Waals surface area contributed by atoms with Crippen molar-refractivity contribution in [2.45, 2.75) is 57.8 Å². The first-order valence-corrected chi connectivity index (χ1v) is 15.5. The zero-order valence-electron chi connectivity index (χ0n) is 27.3. The Morgan fingerprint density at radius 1 is 1.02 bits per heavy atom. The predicted molar refractivity (Wildman–Crippen MR) is 170 cm³/mol. The van der Waals surface area contributed by atoms with Gasteiger partial charge in [0.25, 0.3) is 6.47 Å². The number of nitrogens with zero attached hydrogens (tertiary/aromatic N) is 1. The number of aliphatic hydroxyl groups is 1. The Morgan fingerprint density at radius 2 is 1.69 bits per heavy atom. The largest absolute Gasteiger partial charge is 0.493 e. The van der Waals surface area contributed by atoms with Gasteiger partial charge in [0.2, 0.25) is 6.10 Å². The van der Waals surface area contributed by atoms with Crippen molar-refractivity contribution in [2.75, 3.05) is 13.7 Å². The summed E-state index contributed by atoms with van der Waals surface area (Å²) in [5, 5.41) is 13.9. The highest BCUT2D eigenvalue weighted by atomic mass is 16.6. The molecule has 260 valence electrons. The predicted octanol–water partition coefficient (Wildman–Crippen LogP) is 2.77. The van der Waals surface area contributed by atoms with Gasteiger partial charge in [-0.05, 0) is 18.9 Å². The van der Waals surface area contributed by atoms with E-state index >= 15 is 0 Å². The molecule has 2 N–H and O–H groups in total. The first-order valence-electron chi connectivity index (χ1n) is 15.5. The topological polar surface area (TPSA) is 186 Å². The lowest BCUT2D eigenvalue weighted by molar-refractivity contribution is -0.176. The van der Waals surface area contributed by atoms with Crippen molar-refractivity contribution in [3.63, 3.8) is 0 Å². The fraction of sp³-hybridized carbons (Fsp3) is 0.371. The maximum Gasteiger partial charge on any atom is 0.357 e. The Hall–Kier alpha value is -5.34. The first kappa shape index (κ1) is 36.5. The highest BCUT2D eigenvalue weighted by molar-refractivity contribution is 5.81. The Bertz CT molecular complexity index is 1600. The summed E-state index contributed by atoms with van der Waals surface area (Å²) in [5.74, 6) is -5.24. The van der Waals surface area contributed by atoms with Crippen LogP contribution in [0, 0.1) is 11.8 Å². The molecule has 2 heterocycles. The van der Waals surface area contributed by atoms with Gasteiger partial charge in [0.15, 0.2) is 23.8 Å². The highest BCUT2D eigenvalue weighted by Crippen LogP contribution is 2.34. The monoisotopic (exact) mass is 678 g/mol. The molecular formula is C35H38N2O12. The van der Waals surface area contributed by atoms with Crippen LogP contribution >= 0.6 is 0 Å². The summed E-state index contributed by atoms with van der Waals surface area (Å²) in [4.78, 5) is 68.2. The van der Waals surface area contributed by atoms with Gasteiger partial charge in [-0.1, -0.05) is 74.5 Å². The van der Waals surface area contributed by atoms with Crippen LogP contribution in [0.4, 0.5) is 0 Å². The maximum absolute atomic E-state index is 13.5. The number of carbonyl (C=O) groups excluding carboxylic acids is 5. The Kier molecular flexibility index (Phi) is 12.8. The number of carbonyl (C=O) groups is 5. The summed E-state index contributed by atoms with van der Waals surface area (Å²) in [6.45, 7) is 4.27. The van der Waals surface area contributed by atoms with E-state index in [1.807, 2.05) is 6.07 Å². The minimum Gasteiger partial charge on any atom is -0.493 e. The lowest BCUT2D eigenvalue weighted by atomic mass is 9.91. The SMILES string of the molecule is COc1ccnc(C(O)N[C@H]2COC(=O)[C@H](Cc3ccccc3)[C@@H](OC(=O)C(C)C)[C@H](C)OC2=O)c1OC(=O)[C@H](OC=O)c1ccccc1. The molecular weight excluding hydrogens is 640 g/mol. The van der Waals surface area contributed by atoms with Gasteiger partial charge in [-0.3, -0.25) is 29.5 Å². The summed E-state index contributed by atoms with van der Waals surface area (Å²) < 4.78 is 32.8. The molecule has 1 aliphatic heterocycles. The number of hydrogen-bond donors (Lipinski definition) is 2. The lowest BCUT2D eigenvalue weighted by Crippen LogP contribution is -2.46. The summed E-state index contributed by atoms with van der Waals surface area (Å²) in [6, 6.07) is 17.0. The minimum atomic E-state index is -1.82. The quantitative estimate of drug-likeness (QED) is 0.116. The van der Waals surface area contributed by atoms with Gasteiger partial charge in [-0.15, -0.1) is 0 Å². The molecule has 0 aliphatic carbocycles. The molecule has 0 bridgehead atoms. The summed E-state index contributed by atoms with van der Waals surface area (Å²) in [7, 11) is 1.29. The first-order chi connectivity index (χ1) is 23.5. The van der Waals surface area contributed by atoms with Crippen LogP contribution in [0.5, 0.6) is 11.5 Å². The van der Waals surface area contributed by atoms with Crippen molar-refractivity contribution in [1.29, 1.82) is 0 Å². The van der Waals surface area contributed by atoms with Crippen LogP contribution in [0.2, 0.25) is 0 Å². The maximum atomic E-state index is 13.5. The number of hydrogen-bond acceptors (Lipinski definition) is 14. The minimum absolute atomic E-state index is 0.0206. The van der Waals surface area contributed by atoms with Crippen molar-refractivity contribution in [3.05, 3.63) is 89.7 Å². The number of benzene rings is 2. The van der Waals surface area contributed by atoms with Gasteiger partial charge in [-0.2, -0.15) is 0 Å². The number of rotatable bonds is 13. The van der Waals surface area contributed by atoms with E-state index in [1.54, 1.807) is 68.4 Å². The van der Waals surface area contributed by atoms with E-state index in [0.29, 0.717) is 5.56 Å². The number of aliphatic hydroxyl groups excluding tert-OH is 1. The molecule has 49 heavy (non-hydrogen) atoms. The molecule has 1 aromatic heterocycles. The fourth-order valence-corrected chi connectivity index (χ4v) is 5.05. The van der Waals surface area contributed by atoms with Crippen molar-refractivity contribution in [1.82, 2.24) is 10.3 Å². The van der Waals surface area contributed by atoms with Gasteiger partial charge < -0.3 is 33.5 Å². The van der Waals surface area contributed by atoms with Crippen molar-refractivity contribution in [3.8, 4) is 11.5 Å². The molecule has 6 atom stereocenters. The Labute approximate surface area is 282 Å². The molecule has 3 aromatic rings. The molecule has 0 saturated carbocycles. The van der Waals surface area contributed by atoms with Crippen molar-refractivity contribution in [2.24, 2.45) is 11.8 Å². The summed E-state index contributed by atoms with van der Waals surface area (Å²) in [6.07, 6.45) is -4.19. The van der Waals surface area contributed by atoms with E-state index in [9.17, 15) is 29.1 Å². The third kappa shape index (κ3) is 9.39. The number of nitrogens with one attached hydrogen (secondary N) is 1. The molecule has 0 radical (unpaired) electrons. The smallest absolute Gasteiger partial charge is 0.357 e. The number of esters is 4. The standard InChI is InChI=1S/C35H38N2O12/c1-20(2)32(40)48-28-21(3)47-34(42)25(18-45-33(41)24(28)17-22-11-7-5-8-12-22)37-31(39)27-30(26(44-4)15-16-36-27)49-35(43)29(46-19-38)23-13-9-6-10-14-23/h5-16,19-21,24-25,28-29,31,37,39H,17-18H2,1-4H3/t21-,24+,25-,28-,29+,31?/m0/s1.